The van der Waals surface area contributed by atoms with Gasteiger partial charge >= 0.3 is 0 Å². The summed E-state index contributed by atoms with van der Waals surface area (Å²) in [6, 6.07) is 16.0. The molecule has 1 aromatic carbocycles. The summed E-state index contributed by atoms with van der Waals surface area (Å²) >= 11 is 0. The molecule has 0 aliphatic carbocycles. The molecule has 0 fully saturated rings. The Bertz CT molecular complexity index is 1350. The maximum absolute atomic E-state index is 12.1. The van der Waals surface area contributed by atoms with Gasteiger partial charge in [-0.15, -0.1) is 0 Å². The smallest absolute Gasteiger partial charge is 0.224 e. The first-order chi connectivity index (χ1) is 15.2. The van der Waals surface area contributed by atoms with E-state index in [1.54, 1.807) is 12.4 Å². The fraction of sp³-hybridized carbons (Fsp3) is 0.167. The first kappa shape index (κ1) is 19.0. The number of hydrogen-bond donors (Lipinski definition) is 3. The molecule has 0 aliphatic rings. The Balaban J connectivity index is 1.49. The number of para-hydroxylation sites is 1. The van der Waals surface area contributed by atoms with E-state index in [1.165, 1.54) is 0 Å². The molecule has 4 heterocycles. The van der Waals surface area contributed by atoms with E-state index in [2.05, 4.69) is 44.5 Å². The molecule has 1 amide bonds. The Kier molecular flexibility index (Phi) is 4.92. The molecule has 154 valence electrons. The lowest BCUT2D eigenvalue weighted by molar-refractivity contribution is -0.116. The van der Waals surface area contributed by atoms with Crippen LogP contribution in [-0.4, -0.2) is 31.1 Å². The van der Waals surface area contributed by atoms with Crippen molar-refractivity contribution in [3.05, 3.63) is 60.9 Å². The van der Waals surface area contributed by atoms with Gasteiger partial charge in [-0.2, -0.15) is 5.10 Å². The van der Waals surface area contributed by atoms with Gasteiger partial charge in [0.2, 0.25) is 5.91 Å². The van der Waals surface area contributed by atoms with E-state index in [1.807, 2.05) is 36.4 Å². The van der Waals surface area contributed by atoms with Crippen molar-refractivity contribution in [3.63, 3.8) is 0 Å². The lowest BCUT2D eigenvalue weighted by Gasteiger charge is -2.07. The van der Waals surface area contributed by atoms with Crippen LogP contribution in [0.2, 0.25) is 0 Å². The maximum atomic E-state index is 12.1. The minimum absolute atomic E-state index is 0.000133. The van der Waals surface area contributed by atoms with Gasteiger partial charge < -0.3 is 10.3 Å². The molecule has 3 N–H and O–H groups in total. The van der Waals surface area contributed by atoms with Gasteiger partial charge in [0.1, 0.15) is 11.2 Å². The number of H-pyrrole nitrogens is 2. The number of amides is 1. The van der Waals surface area contributed by atoms with Crippen molar-refractivity contribution in [1.29, 1.82) is 0 Å². The summed E-state index contributed by atoms with van der Waals surface area (Å²) in [6.07, 6.45) is 5.76. The van der Waals surface area contributed by atoms with Crippen LogP contribution in [-0.2, 0) is 4.79 Å². The lowest BCUT2D eigenvalue weighted by atomic mass is 10.1. The molecule has 0 atom stereocenters. The molecule has 7 nitrogen and oxygen atoms in total. The lowest BCUT2D eigenvalue weighted by Crippen LogP contribution is -2.11. The van der Waals surface area contributed by atoms with Crippen LogP contribution in [0.3, 0.4) is 0 Å². The van der Waals surface area contributed by atoms with Gasteiger partial charge in [-0.25, -0.2) is 4.98 Å². The molecule has 0 unspecified atom stereocenters. The van der Waals surface area contributed by atoms with E-state index in [-0.39, 0.29) is 5.91 Å². The zero-order valence-electron chi connectivity index (χ0n) is 17.1. The molecule has 7 heteroatoms. The fourth-order valence-corrected chi connectivity index (χ4v) is 3.66. The molecular weight excluding hydrogens is 388 g/mol. The number of benzene rings is 1. The molecule has 0 saturated heterocycles. The van der Waals surface area contributed by atoms with Crippen molar-refractivity contribution >= 4 is 33.5 Å². The summed E-state index contributed by atoms with van der Waals surface area (Å²) in [6.45, 7) is 2.07. The molecule has 5 aromatic rings. The van der Waals surface area contributed by atoms with Crippen molar-refractivity contribution in [2.24, 2.45) is 0 Å². The highest BCUT2D eigenvalue weighted by Gasteiger charge is 2.14. The van der Waals surface area contributed by atoms with E-state index in [4.69, 9.17) is 4.98 Å². The van der Waals surface area contributed by atoms with Crippen LogP contribution in [0.15, 0.2) is 60.9 Å². The van der Waals surface area contributed by atoms with Crippen molar-refractivity contribution in [1.82, 2.24) is 25.1 Å². The number of carbonyl (C=O) groups excluding carboxylic acids is 1. The predicted octanol–water partition coefficient (Wildman–Crippen LogP) is 5.30. The van der Waals surface area contributed by atoms with Gasteiger partial charge in [-0.3, -0.25) is 14.9 Å². The van der Waals surface area contributed by atoms with Crippen LogP contribution >= 0.6 is 0 Å². The van der Waals surface area contributed by atoms with Crippen molar-refractivity contribution in [2.45, 2.75) is 26.2 Å². The second-order valence-corrected chi connectivity index (χ2v) is 7.55. The molecule has 31 heavy (non-hydrogen) atoms. The average molecular weight is 410 g/mol. The number of rotatable bonds is 6. The third-order valence-electron chi connectivity index (χ3n) is 5.27. The van der Waals surface area contributed by atoms with E-state index >= 15 is 0 Å². The SMILES string of the molecule is CCCCC(=O)Nc1cncc(-c2ccc3[nH]nc(-c4cc5ccccc5[nH]4)c3n2)c1. The number of anilines is 1. The highest BCUT2D eigenvalue weighted by atomic mass is 16.1. The summed E-state index contributed by atoms with van der Waals surface area (Å²) in [5.41, 5.74) is 6.64. The Morgan fingerprint density at radius 3 is 2.84 bits per heavy atom. The van der Waals surface area contributed by atoms with E-state index in [0.717, 1.165) is 57.4 Å². The van der Waals surface area contributed by atoms with Crippen LogP contribution in [0.5, 0.6) is 0 Å². The first-order valence-corrected chi connectivity index (χ1v) is 10.4. The number of unbranched alkanes of at least 4 members (excludes halogenated alkanes) is 1. The van der Waals surface area contributed by atoms with E-state index in [0.29, 0.717) is 12.1 Å². The minimum atomic E-state index is 0.000133. The summed E-state index contributed by atoms with van der Waals surface area (Å²) in [7, 11) is 0. The number of fused-ring (bicyclic) bond motifs is 2. The Morgan fingerprint density at radius 1 is 1.06 bits per heavy atom. The number of pyridine rings is 2. The van der Waals surface area contributed by atoms with Crippen LogP contribution < -0.4 is 5.32 Å². The topological polar surface area (TPSA) is 99.4 Å². The number of nitrogens with zero attached hydrogens (tertiary/aromatic N) is 3. The van der Waals surface area contributed by atoms with E-state index < -0.39 is 0 Å². The Hall–Kier alpha value is -4.00. The normalized spacial score (nSPS) is 11.3. The van der Waals surface area contributed by atoms with Crippen LogP contribution in [0.4, 0.5) is 5.69 Å². The second-order valence-electron chi connectivity index (χ2n) is 7.55. The third-order valence-corrected chi connectivity index (χ3v) is 5.27. The number of aromatic amines is 2. The minimum Gasteiger partial charge on any atom is -0.353 e. The summed E-state index contributed by atoms with van der Waals surface area (Å²) in [4.78, 5) is 24.6. The van der Waals surface area contributed by atoms with Gasteiger partial charge in [0.25, 0.3) is 0 Å². The maximum Gasteiger partial charge on any atom is 0.224 e. The quantitative estimate of drug-likeness (QED) is 0.354. The number of carbonyl (C=O) groups is 1. The van der Waals surface area contributed by atoms with Crippen molar-refractivity contribution in [3.8, 4) is 22.6 Å². The highest BCUT2D eigenvalue weighted by Crippen LogP contribution is 2.29. The third kappa shape index (κ3) is 3.77. The Labute approximate surface area is 178 Å². The van der Waals surface area contributed by atoms with Gasteiger partial charge in [-0.05, 0) is 36.8 Å². The molecule has 0 radical (unpaired) electrons. The highest BCUT2D eigenvalue weighted by molar-refractivity contribution is 5.94. The number of aromatic nitrogens is 5. The molecular formula is C24H22N6O. The molecule has 0 saturated carbocycles. The first-order valence-electron chi connectivity index (χ1n) is 10.4. The largest absolute Gasteiger partial charge is 0.353 e. The number of hydrogen-bond acceptors (Lipinski definition) is 4. The van der Waals surface area contributed by atoms with Crippen molar-refractivity contribution < 1.29 is 4.79 Å². The summed E-state index contributed by atoms with van der Waals surface area (Å²) in [5.74, 6) is 0.000133. The van der Waals surface area contributed by atoms with Crippen LogP contribution in [0.25, 0.3) is 44.6 Å². The van der Waals surface area contributed by atoms with Gasteiger partial charge in [0.05, 0.1) is 28.8 Å². The average Bonchev–Trinajstić information content (AvgIpc) is 3.41. The monoisotopic (exact) mass is 410 g/mol. The van der Waals surface area contributed by atoms with Crippen LogP contribution in [0, 0.1) is 0 Å². The Morgan fingerprint density at radius 2 is 1.97 bits per heavy atom. The molecule has 4 aromatic heterocycles. The van der Waals surface area contributed by atoms with Crippen LogP contribution in [0.1, 0.15) is 26.2 Å². The van der Waals surface area contributed by atoms with Gasteiger partial charge in [0.15, 0.2) is 0 Å². The molecule has 0 spiro atoms. The zero-order valence-corrected chi connectivity index (χ0v) is 17.1. The summed E-state index contributed by atoms with van der Waals surface area (Å²) in [5, 5.41) is 11.6. The zero-order chi connectivity index (χ0) is 21.2. The molecule has 5 rings (SSSR count). The van der Waals surface area contributed by atoms with Gasteiger partial charge in [0, 0.05) is 29.1 Å². The number of nitrogens with one attached hydrogen (secondary N) is 3. The fourth-order valence-electron chi connectivity index (χ4n) is 3.66. The van der Waals surface area contributed by atoms with E-state index in [9.17, 15) is 4.79 Å². The second kappa shape index (κ2) is 8.02. The predicted molar refractivity (Wildman–Crippen MR) is 123 cm³/mol. The van der Waals surface area contributed by atoms with Crippen molar-refractivity contribution in [2.75, 3.05) is 5.32 Å². The molecule has 0 bridgehead atoms. The summed E-state index contributed by atoms with van der Waals surface area (Å²) < 4.78 is 0. The van der Waals surface area contributed by atoms with Gasteiger partial charge in [-0.1, -0.05) is 31.5 Å². The molecule has 0 aliphatic heterocycles. The standard InChI is InChI=1S/C24H22N6O/c1-2-3-8-22(31)26-17-11-16(13-25-14-17)19-9-10-20-23(28-19)24(30-29-20)21-12-15-6-4-5-7-18(15)27-21/h4-7,9-14,27H,2-3,8H2,1H3,(H,26,31)(H,29,30).